The van der Waals surface area contributed by atoms with E-state index in [0.29, 0.717) is 24.2 Å². The van der Waals surface area contributed by atoms with Crippen molar-refractivity contribution in [3.8, 4) is 0 Å². The number of carbonyl (C=O) groups excluding carboxylic acids is 1. The number of halogens is 2. The lowest BCUT2D eigenvalue weighted by Crippen LogP contribution is -2.08. The Labute approximate surface area is 104 Å². The van der Waals surface area contributed by atoms with Gasteiger partial charge in [-0.15, -0.1) is 0 Å². The molecule has 1 aromatic carbocycles. The van der Waals surface area contributed by atoms with E-state index in [1.165, 1.54) is 0 Å². The lowest BCUT2D eigenvalue weighted by Gasteiger charge is -2.15. The molecule has 3 rings (SSSR count). The topological polar surface area (TPSA) is 26.3 Å². The summed E-state index contributed by atoms with van der Waals surface area (Å²) < 4.78 is 32.5. The maximum absolute atomic E-state index is 13.8. The standard InChI is InChI=1S/C14H14F2O2/c1-2-18-14(17)13-8-4-3-7-9(15)5-6-10(16)11(7)12(8)13/h5-6,8,12-13H,2-4H2,1H3. The molecule has 1 saturated carbocycles. The van der Waals surface area contributed by atoms with Crippen molar-refractivity contribution in [2.75, 3.05) is 6.61 Å². The van der Waals surface area contributed by atoms with Crippen LogP contribution < -0.4 is 0 Å². The van der Waals surface area contributed by atoms with Crippen LogP contribution in [0, 0.1) is 23.5 Å². The van der Waals surface area contributed by atoms with Crippen LogP contribution in [0.2, 0.25) is 0 Å². The average Bonchev–Trinajstić information content (AvgIpc) is 3.08. The van der Waals surface area contributed by atoms with Crippen molar-refractivity contribution in [3.63, 3.8) is 0 Å². The van der Waals surface area contributed by atoms with Gasteiger partial charge in [0.15, 0.2) is 0 Å². The van der Waals surface area contributed by atoms with Gasteiger partial charge in [0.1, 0.15) is 11.6 Å². The van der Waals surface area contributed by atoms with Crippen molar-refractivity contribution in [3.05, 3.63) is 34.9 Å². The second kappa shape index (κ2) is 4.04. The van der Waals surface area contributed by atoms with Gasteiger partial charge in [-0.25, -0.2) is 8.78 Å². The number of carbonyl (C=O) groups is 1. The molecule has 3 unspecified atom stereocenters. The van der Waals surface area contributed by atoms with Crippen molar-refractivity contribution in [2.45, 2.75) is 25.7 Å². The highest BCUT2D eigenvalue weighted by molar-refractivity contribution is 5.79. The molecule has 0 amide bonds. The van der Waals surface area contributed by atoms with Crippen LogP contribution in [0.4, 0.5) is 8.78 Å². The van der Waals surface area contributed by atoms with E-state index in [2.05, 4.69) is 0 Å². The smallest absolute Gasteiger partial charge is 0.309 e. The molecule has 0 radical (unpaired) electrons. The van der Waals surface area contributed by atoms with E-state index in [1.807, 2.05) is 0 Å². The second-order valence-electron chi connectivity index (χ2n) is 4.93. The summed E-state index contributed by atoms with van der Waals surface area (Å²) in [6, 6.07) is 2.31. The molecule has 0 heterocycles. The molecule has 0 aromatic heterocycles. The number of hydrogen-bond acceptors (Lipinski definition) is 2. The molecule has 0 spiro atoms. The number of fused-ring (bicyclic) bond motifs is 3. The molecule has 0 saturated heterocycles. The lowest BCUT2D eigenvalue weighted by atomic mass is 9.91. The molecule has 2 nitrogen and oxygen atoms in total. The van der Waals surface area contributed by atoms with Gasteiger partial charge < -0.3 is 4.74 Å². The Morgan fingerprint density at radius 2 is 2.11 bits per heavy atom. The summed E-state index contributed by atoms with van der Waals surface area (Å²) in [6.07, 6.45) is 1.25. The Hall–Kier alpha value is -1.45. The predicted octanol–water partition coefficient (Wildman–Crippen LogP) is 2.80. The van der Waals surface area contributed by atoms with E-state index in [4.69, 9.17) is 4.74 Å². The van der Waals surface area contributed by atoms with Gasteiger partial charge in [0.25, 0.3) is 0 Å². The SMILES string of the molecule is CCOC(=O)C1C2CCc3c(F)ccc(F)c3C21. The Bertz CT molecular complexity index is 513. The van der Waals surface area contributed by atoms with E-state index < -0.39 is 5.82 Å². The van der Waals surface area contributed by atoms with E-state index in [1.54, 1.807) is 6.92 Å². The third-order valence-corrected chi connectivity index (χ3v) is 4.04. The van der Waals surface area contributed by atoms with Gasteiger partial charge in [0, 0.05) is 5.92 Å². The minimum atomic E-state index is -0.395. The summed E-state index contributed by atoms with van der Waals surface area (Å²) in [5, 5.41) is 0. The van der Waals surface area contributed by atoms with Gasteiger partial charge >= 0.3 is 5.97 Å². The van der Waals surface area contributed by atoms with Crippen molar-refractivity contribution in [1.29, 1.82) is 0 Å². The summed E-state index contributed by atoms with van der Waals surface area (Å²) in [4.78, 5) is 11.7. The number of benzene rings is 1. The van der Waals surface area contributed by atoms with Crippen LogP contribution in [-0.2, 0) is 16.0 Å². The molecule has 1 aromatic rings. The van der Waals surface area contributed by atoms with Crippen LogP contribution in [0.15, 0.2) is 12.1 Å². The molecule has 3 atom stereocenters. The van der Waals surface area contributed by atoms with Gasteiger partial charge in [-0.05, 0) is 48.9 Å². The molecule has 96 valence electrons. The van der Waals surface area contributed by atoms with Crippen LogP contribution in [0.25, 0.3) is 0 Å². The summed E-state index contributed by atoms with van der Waals surface area (Å²) >= 11 is 0. The molecule has 4 heteroatoms. The normalized spacial score (nSPS) is 28.3. The number of esters is 1. The van der Waals surface area contributed by atoms with Crippen LogP contribution in [0.1, 0.15) is 30.4 Å². The van der Waals surface area contributed by atoms with Crippen LogP contribution in [0.5, 0.6) is 0 Å². The first kappa shape index (κ1) is 11.6. The molecular formula is C14H14F2O2. The fraction of sp³-hybridized carbons (Fsp3) is 0.500. The highest BCUT2D eigenvalue weighted by Gasteiger charge is 2.59. The Kier molecular flexibility index (Phi) is 2.61. The summed E-state index contributed by atoms with van der Waals surface area (Å²) in [5.74, 6) is -1.35. The molecule has 0 bridgehead atoms. The molecule has 0 N–H and O–H groups in total. The maximum Gasteiger partial charge on any atom is 0.309 e. The predicted molar refractivity (Wildman–Crippen MR) is 61.0 cm³/mol. The van der Waals surface area contributed by atoms with E-state index in [9.17, 15) is 13.6 Å². The zero-order valence-electron chi connectivity index (χ0n) is 10.1. The van der Waals surface area contributed by atoms with Crippen LogP contribution in [-0.4, -0.2) is 12.6 Å². The van der Waals surface area contributed by atoms with Crippen molar-refractivity contribution in [2.24, 2.45) is 11.8 Å². The quantitative estimate of drug-likeness (QED) is 0.756. The first-order valence-electron chi connectivity index (χ1n) is 6.28. The minimum Gasteiger partial charge on any atom is -0.466 e. The molecule has 2 aliphatic carbocycles. The van der Waals surface area contributed by atoms with Crippen molar-refractivity contribution < 1.29 is 18.3 Å². The van der Waals surface area contributed by atoms with Crippen molar-refractivity contribution >= 4 is 5.97 Å². The van der Waals surface area contributed by atoms with Gasteiger partial charge in [0.05, 0.1) is 12.5 Å². The van der Waals surface area contributed by atoms with E-state index in [-0.39, 0.29) is 29.5 Å². The number of ether oxygens (including phenoxy) is 1. The second-order valence-corrected chi connectivity index (χ2v) is 4.93. The lowest BCUT2D eigenvalue weighted by molar-refractivity contribution is -0.145. The monoisotopic (exact) mass is 252 g/mol. The molecule has 18 heavy (non-hydrogen) atoms. The third-order valence-electron chi connectivity index (χ3n) is 4.04. The Morgan fingerprint density at radius 3 is 2.83 bits per heavy atom. The zero-order valence-corrected chi connectivity index (χ0v) is 10.1. The van der Waals surface area contributed by atoms with Gasteiger partial charge in [-0.2, -0.15) is 0 Å². The fourth-order valence-corrected chi connectivity index (χ4v) is 3.22. The van der Waals surface area contributed by atoms with Crippen LogP contribution in [0.3, 0.4) is 0 Å². The highest BCUT2D eigenvalue weighted by Crippen LogP contribution is 2.61. The highest BCUT2D eigenvalue weighted by atomic mass is 19.1. The fourth-order valence-electron chi connectivity index (χ4n) is 3.22. The number of hydrogen-bond donors (Lipinski definition) is 0. The van der Waals surface area contributed by atoms with E-state index in [0.717, 1.165) is 18.6 Å². The molecule has 2 aliphatic rings. The Balaban J connectivity index is 1.95. The average molecular weight is 252 g/mol. The minimum absolute atomic E-state index is 0.132. The van der Waals surface area contributed by atoms with Gasteiger partial charge in [0.2, 0.25) is 0 Å². The summed E-state index contributed by atoms with van der Waals surface area (Å²) in [6.45, 7) is 2.07. The molecule has 0 aliphatic heterocycles. The number of rotatable bonds is 2. The largest absolute Gasteiger partial charge is 0.466 e. The zero-order chi connectivity index (χ0) is 12.9. The third kappa shape index (κ3) is 1.55. The first-order chi connectivity index (χ1) is 8.65. The van der Waals surface area contributed by atoms with Gasteiger partial charge in [-0.3, -0.25) is 4.79 Å². The van der Waals surface area contributed by atoms with E-state index >= 15 is 0 Å². The first-order valence-corrected chi connectivity index (χ1v) is 6.28. The maximum atomic E-state index is 13.8. The summed E-state index contributed by atoms with van der Waals surface area (Å²) in [5.41, 5.74) is 0.854. The summed E-state index contributed by atoms with van der Waals surface area (Å²) in [7, 11) is 0. The van der Waals surface area contributed by atoms with Crippen molar-refractivity contribution in [1.82, 2.24) is 0 Å². The Morgan fingerprint density at radius 1 is 1.39 bits per heavy atom. The van der Waals surface area contributed by atoms with Gasteiger partial charge in [-0.1, -0.05) is 0 Å². The molecule has 1 fully saturated rings. The van der Waals surface area contributed by atoms with Crippen LogP contribution >= 0.6 is 0 Å². The molecular weight excluding hydrogens is 238 g/mol.